The van der Waals surface area contributed by atoms with Crippen LogP contribution in [0.25, 0.3) is 0 Å². The summed E-state index contributed by atoms with van der Waals surface area (Å²) < 4.78 is 0. The van der Waals surface area contributed by atoms with Gasteiger partial charge in [-0.15, -0.1) is 0 Å². The summed E-state index contributed by atoms with van der Waals surface area (Å²) in [6, 6.07) is 0. The first kappa shape index (κ1) is 33.6. The highest BCUT2D eigenvalue weighted by atomic mass is 16.3. The molecule has 1 heteroatoms. The van der Waals surface area contributed by atoms with Crippen molar-refractivity contribution in [3.05, 3.63) is 34.6 Å². The topological polar surface area (TPSA) is 20.2 Å². The Kier molecular flexibility index (Phi) is 37.9. The first-order chi connectivity index (χ1) is 10.6. The molecule has 0 fully saturated rings. The molecular weight excluding hydrogens is 280 g/mol. The second kappa shape index (κ2) is 25.9. The Hall–Kier alpha value is -0.980. The van der Waals surface area contributed by atoms with Crippen molar-refractivity contribution in [2.24, 2.45) is 5.92 Å². The summed E-state index contributed by atoms with van der Waals surface area (Å²) in [5.74, 6) is 0.911. The Morgan fingerprint density at radius 1 is 0.826 bits per heavy atom. The van der Waals surface area contributed by atoms with Gasteiger partial charge >= 0.3 is 0 Å². The SMILES string of the molecule is C=C(O)/C(C)=C(\C)CC.CC.CC.CC.CC(C)=C(C)C(C)C. The van der Waals surface area contributed by atoms with Gasteiger partial charge in [0.05, 0.1) is 0 Å². The van der Waals surface area contributed by atoms with Crippen molar-refractivity contribution in [2.75, 3.05) is 0 Å². The third kappa shape index (κ3) is 26.3. The monoisotopic (exact) mass is 328 g/mol. The zero-order valence-corrected chi connectivity index (χ0v) is 18.9. The van der Waals surface area contributed by atoms with E-state index in [-0.39, 0.29) is 5.76 Å². The first-order valence-corrected chi connectivity index (χ1v) is 9.33. The number of allylic oxidation sites excluding steroid dienone is 4. The van der Waals surface area contributed by atoms with Crippen molar-refractivity contribution in [3.8, 4) is 0 Å². The highest BCUT2D eigenvalue weighted by Gasteiger charge is 1.96. The van der Waals surface area contributed by atoms with E-state index in [9.17, 15) is 0 Å². The van der Waals surface area contributed by atoms with Gasteiger partial charge in [0.2, 0.25) is 0 Å². The lowest BCUT2D eigenvalue weighted by Gasteiger charge is -2.05. The highest BCUT2D eigenvalue weighted by Crippen LogP contribution is 2.12. The summed E-state index contributed by atoms with van der Waals surface area (Å²) in [7, 11) is 0. The maximum atomic E-state index is 8.87. The summed E-state index contributed by atoms with van der Waals surface area (Å²) in [6.07, 6.45) is 0.978. The van der Waals surface area contributed by atoms with E-state index in [4.69, 9.17) is 5.11 Å². The molecule has 0 amide bonds. The molecule has 0 bridgehead atoms. The van der Waals surface area contributed by atoms with E-state index in [1.807, 2.05) is 55.4 Å². The quantitative estimate of drug-likeness (QED) is 0.311. The molecule has 0 aromatic heterocycles. The molecule has 0 atom stereocenters. The van der Waals surface area contributed by atoms with Crippen LogP contribution in [0.2, 0.25) is 0 Å². The van der Waals surface area contributed by atoms with E-state index < -0.39 is 0 Å². The number of rotatable bonds is 3. The van der Waals surface area contributed by atoms with Crippen molar-refractivity contribution in [1.82, 2.24) is 0 Å². The second-order valence-electron chi connectivity index (χ2n) is 5.04. The Morgan fingerprint density at radius 3 is 1.17 bits per heavy atom. The van der Waals surface area contributed by atoms with E-state index >= 15 is 0 Å². The fourth-order valence-electron chi connectivity index (χ4n) is 1.09. The van der Waals surface area contributed by atoms with E-state index in [0.717, 1.165) is 17.9 Å². The van der Waals surface area contributed by atoms with Crippen LogP contribution >= 0.6 is 0 Å². The molecule has 0 aromatic rings. The highest BCUT2D eigenvalue weighted by molar-refractivity contribution is 5.24. The predicted molar refractivity (Wildman–Crippen MR) is 113 cm³/mol. The van der Waals surface area contributed by atoms with Gasteiger partial charge in [0, 0.05) is 0 Å². The minimum absolute atomic E-state index is 0.189. The minimum Gasteiger partial charge on any atom is -0.508 e. The van der Waals surface area contributed by atoms with Crippen LogP contribution in [0.1, 0.15) is 103 Å². The molecule has 0 aliphatic rings. The van der Waals surface area contributed by atoms with E-state index in [1.54, 1.807) is 0 Å². The summed E-state index contributed by atoms with van der Waals surface area (Å²) in [5.41, 5.74) is 5.09. The number of hydrogen-bond acceptors (Lipinski definition) is 1. The largest absolute Gasteiger partial charge is 0.508 e. The number of aliphatic hydroxyl groups excluding tert-OH is 1. The zero-order chi connectivity index (χ0) is 20.2. The van der Waals surface area contributed by atoms with Crippen molar-refractivity contribution in [3.63, 3.8) is 0 Å². The third-order valence-corrected chi connectivity index (χ3v) is 3.26. The van der Waals surface area contributed by atoms with Gasteiger partial charge in [0.15, 0.2) is 0 Å². The molecule has 142 valence electrons. The molecule has 0 radical (unpaired) electrons. The summed E-state index contributed by atoms with van der Waals surface area (Å²) in [4.78, 5) is 0. The molecule has 0 heterocycles. The van der Waals surface area contributed by atoms with Gasteiger partial charge < -0.3 is 5.11 Å². The predicted octanol–water partition coefficient (Wildman–Crippen LogP) is 8.88. The van der Waals surface area contributed by atoms with Crippen LogP contribution in [0.5, 0.6) is 0 Å². The van der Waals surface area contributed by atoms with Crippen molar-refractivity contribution in [1.29, 1.82) is 0 Å². The smallest absolute Gasteiger partial charge is 0.111 e. The van der Waals surface area contributed by atoms with Crippen molar-refractivity contribution < 1.29 is 5.11 Å². The summed E-state index contributed by atoms with van der Waals surface area (Å²) >= 11 is 0. The molecule has 0 aromatic carbocycles. The first-order valence-electron chi connectivity index (χ1n) is 9.33. The van der Waals surface area contributed by atoms with E-state index in [0.29, 0.717) is 0 Å². The van der Waals surface area contributed by atoms with Crippen LogP contribution in [-0.2, 0) is 0 Å². The van der Waals surface area contributed by atoms with Gasteiger partial charge in [-0.2, -0.15) is 0 Å². The van der Waals surface area contributed by atoms with Gasteiger partial charge in [-0.05, 0) is 52.5 Å². The Bertz CT molecular complexity index is 300. The molecule has 0 rings (SSSR count). The van der Waals surface area contributed by atoms with Crippen LogP contribution in [-0.4, -0.2) is 5.11 Å². The lowest BCUT2D eigenvalue weighted by molar-refractivity contribution is 0.425. The third-order valence-electron chi connectivity index (χ3n) is 3.26. The van der Waals surface area contributed by atoms with Crippen LogP contribution in [0.15, 0.2) is 34.6 Å². The van der Waals surface area contributed by atoms with Gasteiger partial charge in [-0.3, -0.25) is 0 Å². The van der Waals surface area contributed by atoms with Gasteiger partial charge in [-0.1, -0.05) is 85.6 Å². The Morgan fingerprint density at radius 2 is 1.13 bits per heavy atom. The van der Waals surface area contributed by atoms with Crippen LogP contribution in [0.3, 0.4) is 0 Å². The fraction of sp³-hybridized carbons (Fsp3) is 0.727. The second-order valence-corrected chi connectivity index (χ2v) is 5.04. The molecule has 0 saturated heterocycles. The molecule has 0 aliphatic carbocycles. The molecule has 1 nitrogen and oxygen atoms in total. The van der Waals surface area contributed by atoms with Crippen LogP contribution in [0, 0.1) is 5.92 Å². The molecule has 1 N–H and O–H groups in total. The van der Waals surface area contributed by atoms with Crippen LogP contribution in [0.4, 0.5) is 0 Å². The standard InChI is InChI=1S/C8H14O.C8H16.3C2H6/c1-5-6(2)7(3)8(4)9;1-6(2)8(5)7(3)4;3*1-2/h9H,4-5H2,1-3H3;6H,1-5H3;3*1-2H3/b7-6+;;;;. The molecule has 0 aliphatic heterocycles. The number of hydrogen-bond donors (Lipinski definition) is 1. The van der Waals surface area contributed by atoms with Gasteiger partial charge in [-0.25, -0.2) is 0 Å². The molecule has 0 spiro atoms. The molecular formula is C22H48O. The van der Waals surface area contributed by atoms with Crippen molar-refractivity contribution >= 4 is 0 Å². The maximum Gasteiger partial charge on any atom is 0.111 e. The average Bonchev–Trinajstić information content (AvgIpc) is 2.58. The van der Waals surface area contributed by atoms with Gasteiger partial charge in [0.1, 0.15) is 5.76 Å². The lowest BCUT2D eigenvalue weighted by atomic mass is 10.0. The van der Waals surface area contributed by atoms with Crippen molar-refractivity contribution in [2.45, 2.75) is 103 Å². The summed E-state index contributed by atoms with van der Waals surface area (Å²) in [5, 5.41) is 8.87. The molecule has 23 heavy (non-hydrogen) atoms. The molecule has 0 unspecified atom stereocenters. The van der Waals surface area contributed by atoms with Crippen LogP contribution < -0.4 is 0 Å². The minimum atomic E-state index is 0.189. The molecule has 0 saturated carbocycles. The van der Waals surface area contributed by atoms with E-state index in [1.165, 1.54) is 16.7 Å². The summed E-state index contributed by atoms with van der Waals surface area (Å²) in [6.45, 7) is 32.3. The average molecular weight is 329 g/mol. The van der Waals surface area contributed by atoms with E-state index in [2.05, 4.69) is 48.1 Å². The maximum absolute atomic E-state index is 8.87. The number of aliphatic hydroxyl groups is 1. The Balaban J connectivity index is -0.0000000709. The van der Waals surface area contributed by atoms with Gasteiger partial charge in [0.25, 0.3) is 0 Å². The normalized spacial score (nSPS) is 9.17. The zero-order valence-electron chi connectivity index (χ0n) is 18.9. The fourth-order valence-corrected chi connectivity index (χ4v) is 1.09. The Labute approximate surface area is 149 Å². The lowest BCUT2D eigenvalue weighted by Crippen LogP contribution is -1.89.